The van der Waals surface area contributed by atoms with Gasteiger partial charge in [0.05, 0.1) is 13.2 Å². The maximum absolute atomic E-state index is 5.85. The lowest BCUT2D eigenvalue weighted by atomic mass is 10.1. The van der Waals surface area contributed by atoms with Crippen LogP contribution >= 0.6 is 35.3 Å². The van der Waals surface area contributed by atoms with Crippen molar-refractivity contribution in [1.82, 2.24) is 10.2 Å². The Morgan fingerprint density at radius 2 is 2.43 bits per heavy atom. The monoisotopic (exact) mass is 424 g/mol. The number of thiophene rings is 1. The summed E-state index contributed by atoms with van der Waals surface area (Å²) in [4.78, 5) is 8.35. The van der Waals surface area contributed by atoms with E-state index in [-0.39, 0.29) is 30.0 Å². The topological polar surface area (TPSA) is 62.9 Å². The van der Waals surface area contributed by atoms with Crippen LogP contribution < -0.4 is 11.1 Å². The van der Waals surface area contributed by atoms with E-state index < -0.39 is 0 Å². The molecule has 0 saturated carbocycles. The zero-order valence-electron chi connectivity index (χ0n) is 12.7. The Bertz CT molecular complexity index is 452. The minimum atomic E-state index is 0. The summed E-state index contributed by atoms with van der Waals surface area (Å²) in [6, 6.07) is 2.42. The number of aliphatic imine (C=N–C) groups is 1. The molecule has 0 radical (unpaired) electrons. The van der Waals surface area contributed by atoms with E-state index in [0.29, 0.717) is 12.6 Å². The Morgan fingerprint density at radius 1 is 1.62 bits per heavy atom. The van der Waals surface area contributed by atoms with Gasteiger partial charge in [0.15, 0.2) is 5.96 Å². The molecule has 2 rings (SSSR count). The molecule has 7 heteroatoms. The Morgan fingerprint density at radius 3 is 3.19 bits per heavy atom. The number of hydrogen-bond donors (Lipinski definition) is 2. The van der Waals surface area contributed by atoms with Crippen LogP contribution in [0.1, 0.15) is 17.4 Å². The number of nitrogens with one attached hydrogen (secondary N) is 1. The van der Waals surface area contributed by atoms with Crippen LogP contribution in [0.4, 0.5) is 0 Å². The number of nitrogens with two attached hydrogens (primary N) is 1. The number of ether oxygens (including phenoxy) is 1. The molecule has 120 valence electrons. The van der Waals surface area contributed by atoms with Crippen molar-refractivity contribution in [3.63, 3.8) is 0 Å². The molecule has 1 aliphatic rings. The van der Waals surface area contributed by atoms with E-state index in [2.05, 4.69) is 26.7 Å². The van der Waals surface area contributed by atoms with Crippen molar-refractivity contribution in [3.8, 4) is 0 Å². The van der Waals surface area contributed by atoms with E-state index in [1.54, 1.807) is 12.0 Å². The molecule has 0 fully saturated rings. The van der Waals surface area contributed by atoms with E-state index in [4.69, 9.17) is 10.5 Å². The van der Waals surface area contributed by atoms with Gasteiger partial charge in [-0.25, -0.2) is 0 Å². The van der Waals surface area contributed by atoms with Crippen molar-refractivity contribution in [2.24, 2.45) is 10.7 Å². The molecule has 0 spiro atoms. The van der Waals surface area contributed by atoms with E-state index in [9.17, 15) is 0 Å². The van der Waals surface area contributed by atoms with Gasteiger partial charge in [-0.1, -0.05) is 0 Å². The van der Waals surface area contributed by atoms with Crippen LogP contribution in [0, 0.1) is 0 Å². The molecular weight excluding hydrogens is 399 g/mol. The van der Waals surface area contributed by atoms with Crippen molar-refractivity contribution in [2.75, 3.05) is 33.4 Å². The summed E-state index contributed by atoms with van der Waals surface area (Å²) in [5.74, 6) is 0.503. The van der Waals surface area contributed by atoms with Gasteiger partial charge in [-0.2, -0.15) is 0 Å². The molecule has 1 aromatic heterocycles. The summed E-state index contributed by atoms with van der Waals surface area (Å²) in [6.45, 7) is 6.50. The average Bonchev–Trinajstić information content (AvgIpc) is 2.86. The minimum Gasteiger partial charge on any atom is -0.383 e. The van der Waals surface area contributed by atoms with E-state index in [1.165, 1.54) is 5.56 Å². The van der Waals surface area contributed by atoms with Crippen molar-refractivity contribution >= 4 is 41.3 Å². The zero-order chi connectivity index (χ0) is 14.4. The van der Waals surface area contributed by atoms with Crippen molar-refractivity contribution in [3.05, 3.63) is 21.9 Å². The molecular formula is C14H25IN4OS. The molecule has 21 heavy (non-hydrogen) atoms. The SMILES string of the molecule is COCC(C)NC(N)=NCCN1CCc2sccc2C1.I. The summed E-state index contributed by atoms with van der Waals surface area (Å²) in [5.41, 5.74) is 7.32. The maximum Gasteiger partial charge on any atom is 0.188 e. The fraction of sp³-hybridized carbons (Fsp3) is 0.643. The molecule has 1 aliphatic heterocycles. The number of nitrogens with zero attached hydrogens (tertiary/aromatic N) is 2. The first kappa shape index (κ1) is 18.7. The normalized spacial score (nSPS) is 17.0. The molecule has 0 amide bonds. The lowest BCUT2D eigenvalue weighted by molar-refractivity contribution is 0.179. The number of hydrogen-bond acceptors (Lipinski definition) is 4. The Balaban J connectivity index is 0.00000220. The van der Waals surface area contributed by atoms with E-state index >= 15 is 0 Å². The zero-order valence-corrected chi connectivity index (χ0v) is 15.8. The summed E-state index contributed by atoms with van der Waals surface area (Å²) >= 11 is 1.87. The second kappa shape index (κ2) is 9.60. The molecule has 0 saturated heterocycles. The molecule has 3 N–H and O–H groups in total. The van der Waals surface area contributed by atoms with Crippen LogP contribution in [-0.2, 0) is 17.7 Å². The molecule has 1 atom stereocenters. The summed E-state index contributed by atoms with van der Waals surface area (Å²) in [5, 5.41) is 5.30. The average molecular weight is 424 g/mol. The predicted octanol–water partition coefficient (Wildman–Crippen LogP) is 1.66. The Labute approximate surface area is 148 Å². The largest absolute Gasteiger partial charge is 0.383 e. The third-order valence-corrected chi connectivity index (χ3v) is 4.42. The highest BCUT2D eigenvalue weighted by Crippen LogP contribution is 2.23. The summed E-state index contributed by atoms with van der Waals surface area (Å²) < 4.78 is 5.05. The fourth-order valence-corrected chi connectivity index (χ4v) is 3.29. The van der Waals surface area contributed by atoms with Crippen molar-refractivity contribution in [2.45, 2.75) is 25.9 Å². The van der Waals surface area contributed by atoms with Crippen LogP contribution in [0.15, 0.2) is 16.4 Å². The van der Waals surface area contributed by atoms with Gasteiger partial charge in [0, 0.05) is 37.7 Å². The van der Waals surface area contributed by atoms with Gasteiger partial charge >= 0.3 is 0 Å². The smallest absolute Gasteiger partial charge is 0.188 e. The second-order valence-corrected chi connectivity index (χ2v) is 6.16. The highest BCUT2D eigenvalue weighted by atomic mass is 127. The van der Waals surface area contributed by atoms with Crippen LogP contribution in [0.3, 0.4) is 0 Å². The number of rotatable bonds is 6. The van der Waals surface area contributed by atoms with Gasteiger partial charge in [-0.15, -0.1) is 35.3 Å². The van der Waals surface area contributed by atoms with Crippen molar-refractivity contribution in [1.29, 1.82) is 0 Å². The standard InChI is InChI=1S/C14H24N4OS.HI/c1-11(10-19-2)17-14(15)16-5-7-18-6-3-13-12(9-18)4-8-20-13;/h4,8,11H,3,5-7,9-10H2,1-2H3,(H3,15,16,17);1H. The number of guanidine groups is 1. The highest BCUT2D eigenvalue weighted by Gasteiger charge is 2.16. The first-order valence-electron chi connectivity index (χ1n) is 7.02. The highest BCUT2D eigenvalue weighted by molar-refractivity contribution is 14.0. The second-order valence-electron chi connectivity index (χ2n) is 5.16. The van der Waals surface area contributed by atoms with Crippen molar-refractivity contribution < 1.29 is 4.74 Å². The van der Waals surface area contributed by atoms with Crippen LogP contribution in [0.2, 0.25) is 0 Å². The fourth-order valence-electron chi connectivity index (χ4n) is 2.40. The number of fused-ring (bicyclic) bond motifs is 1. The third-order valence-electron chi connectivity index (χ3n) is 3.40. The van der Waals surface area contributed by atoms with Gasteiger partial charge in [-0.05, 0) is 30.4 Å². The molecule has 0 aromatic carbocycles. The first-order chi connectivity index (χ1) is 9.69. The van der Waals surface area contributed by atoms with Gasteiger partial charge < -0.3 is 15.8 Å². The van der Waals surface area contributed by atoms with Crippen LogP contribution in [0.25, 0.3) is 0 Å². The van der Waals surface area contributed by atoms with Gasteiger partial charge in [0.25, 0.3) is 0 Å². The minimum absolute atomic E-state index is 0. The maximum atomic E-state index is 5.85. The quantitative estimate of drug-likeness (QED) is 0.414. The van der Waals surface area contributed by atoms with Gasteiger partial charge in [0.1, 0.15) is 0 Å². The van der Waals surface area contributed by atoms with Crippen LogP contribution in [0.5, 0.6) is 0 Å². The molecule has 1 unspecified atom stereocenters. The Hall–Kier alpha value is -0.380. The molecule has 0 aliphatic carbocycles. The Kier molecular flexibility index (Phi) is 8.53. The summed E-state index contributed by atoms with van der Waals surface area (Å²) in [6.07, 6.45) is 1.16. The van der Waals surface area contributed by atoms with Crippen LogP contribution in [-0.4, -0.2) is 50.3 Å². The number of methoxy groups -OCH3 is 1. The van der Waals surface area contributed by atoms with E-state index in [0.717, 1.165) is 32.6 Å². The molecule has 5 nitrogen and oxygen atoms in total. The van der Waals surface area contributed by atoms with E-state index in [1.807, 2.05) is 18.3 Å². The molecule has 0 bridgehead atoms. The lowest BCUT2D eigenvalue weighted by Crippen LogP contribution is -2.41. The first-order valence-corrected chi connectivity index (χ1v) is 7.90. The molecule has 2 heterocycles. The molecule has 1 aromatic rings. The lowest BCUT2D eigenvalue weighted by Gasteiger charge is -2.26. The third kappa shape index (κ3) is 6.09. The van der Waals surface area contributed by atoms with Gasteiger partial charge in [0.2, 0.25) is 0 Å². The number of halogens is 1. The predicted molar refractivity (Wildman–Crippen MR) is 99.7 cm³/mol. The van der Waals surface area contributed by atoms with Gasteiger partial charge in [-0.3, -0.25) is 9.89 Å². The summed E-state index contributed by atoms with van der Waals surface area (Å²) in [7, 11) is 1.68.